The van der Waals surface area contributed by atoms with Gasteiger partial charge in [-0.2, -0.15) is 0 Å². The number of hydrogen-bond acceptors (Lipinski definition) is 4. The highest BCUT2D eigenvalue weighted by atomic mass is 79.9. The van der Waals surface area contributed by atoms with Gasteiger partial charge in [0.2, 0.25) is 0 Å². The Bertz CT molecular complexity index is 710. The molecular weight excluding hydrogens is 346 g/mol. The second-order valence-corrected chi connectivity index (χ2v) is 6.67. The second-order valence-electron chi connectivity index (χ2n) is 5.75. The van der Waals surface area contributed by atoms with Crippen molar-refractivity contribution < 1.29 is 9.53 Å². The normalized spacial score (nSPS) is 11.3. The van der Waals surface area contributed by atoms with E-state index >= 15 is 0 Å². The number of nitrogens with zero attached hydrogens (tertiary/aromatic N) is 3. The predicted molar refractivity (Wildman–Crippen MR) is 91.0 cm³/mol. The number of hydrogen-bond donors (Lipinski definition) is 0. The fourth-order valence-corrected chi connectivity index (χ4v) is 2.18. The first-order valence-corrected chi connectivity index (χ1v) is 7.63. The molecule has 0 aliphatic rings. The molecule has 0 saturated carbocycles. The SMILES string of the molecule is C=CCN(C(=O)OC(C)(C)C)c1ccc2cc(Br)cnc2n1. The number of anilines is 1. The lowest BCUT2D eigenvalue weighted by molar-refractivity contribution is 0.0583. The first kappa shape index (κ1) is 16.4. The molecule has 2 heterocycles. The quantitative estimate of drug-likeness (QED) is 0.762. The van der Waals surface area contributed by atoms with E-state index in [1.165, 1.54) is 4.90 Å². The van der Waals surface area contributed by atoms with Gasteiger partial charge in [-0.25, -0.2) is 14.8 Å². The molecule has 2 rings (SSSR count). The van der Waals surface area contributed by atoms with Crippen LogP contribution in [0.3, 0.4) is 0 Å². The number of carbonyl (C=O) groups is 1. The summed E-state index contributed by atoms with van der Waals surface area (Å²) < 4.78 is 6.29. The maximum Gasteiger partial charge on any atom is 0.416 e. The Hall–Kier alpha value is -1.95. The van der Waals surface area contributed by atoms with Crippen LogP contribution in [0.25, 0.3) is 11.0 Å². The highest BCUT2D eigenvalue weighted by Gasteiger charge is 2.23. The minimum absolute atomic E-state index is 0.309. The second kappa shape index (κ2) is 6.44. The molecule has 0 N–H and O–H groups in total. The van der Waals surface area contributed by atoms with Crippen LogP contribution in [0.1, 0.15) is 20.8 Å². The third-order valence-corrected chi connectivity index (χ3v) is 3.13. The Morgan fingerprint density at radius 3 is 2.82 bits per heavy atom. The molecule has 6 heteroatoms. The zero-order chi connectivity index (χ0) is 16.3. The maximum absolute atomic E-state index is 12.3. The van der Waals surface area contributed by atoms with Crippen LogP contribution in [0.2, 0.25) is 0 Å². The van der Waals surface area contributed by atoms with E-state index in [-0.39, 0.29) is 0 Å². The van der Waals surface area contributed by atoms with Gasteiger partial charge < -0.3 is 4.74 Å². The van der Waals surface area contributed by atoms with Gasteiger partial charge in [0.05, 0.1) is 0 Å². The number of fused-ring (bicyclic) bond motifs is 1. The summed E-state index contributed by atoms with van der Waals surface area (Å²) in [6, 6.07) is 5.56. The minimum atomic E-state index is -0.573. The van der Waals surface area contributed by atoms with Crippen molar-refractivity contribution in [1.82, 2.24) is 9.97 Å². The van der Waals surface area contributed by atoms with Crippen molar-refractivity contribution in [3.63, 3.8) is 0 Å². The molecule has 116 valence electrons. The molecule has 0 aliphatic heterocycles. The summed E-state index contributed by atoms with van der Waals surface area (Å²) in [7, 11) is 0. The molecule has 0 aromatic carbocycles. The lowest BCUT2D eigenvalue weighted by atomic mass is 10.2. The largest absolute Gasteiger partial charge is 0.443 e. The van der Waals surface area contributed by atoms with Crippen LogP contribution in [0.4, 0.5) is 10.6 Å². The van der Waals surface area contributed by atoms with Gasteiger partial charge in [-0.05, 0) is 54.9 Å². The van der Waals surface area contributed by atoms with Crippen LogP contribution < -0.4 is 4.90 Å². The van der Waals surface area contributed by atoms with Gasteiger partial charge in [0.1, 0.15) is 11.4 Å². The van der Waals surface area contributed by atoms with E-state index in [0.29, 0.717) is 18.0 Å². The van der Waals surface area contributed by atoms with Gasteiger partial charge in [-0.15, -0.1) is 6.58 Å². The van der Waals surface area contributed by atoms with E-state index in [9.17, 15) is 4.79 Å². The summed E-state index contributed by atoms with van der Waals surface area (Å²) in [5.41, 5.74) is -0.00506. The summed E-state index contributed by atoms with van der Waals surface area (Å²) in [6.45, 7) is 9.46. The van der Waals surface area contributed by atoms with Gasteiger partial charge in [0.15, 0.2) is 5.65 Å². The third-order valence-electron chi connectivity index (χ3n) is 2.70. The smallest absolute Gasteiger partial charge is 0.416 e. The zero-order valence-electron chi connectivity index (χ0n) is 12.8. The van der Waals surface area contributed by atoms with E-state index < -0.39 is 11.7 Å². The standard InChI is InChI=1S/C16H18BrN3O2/c1-5-8-20(15(21)22-16(2,3)4)13-7-6-11-9-12(17)10-18-14(11)19-13/h5-7,9-10H,1,8H2,2-4H3. The fourth-order valence-electron chi connectivity index (χ4n) is 1.83. The predicted octanol–water partition coefficient (Wildman–Crippen LogP) is 4.32. The highest BCUT2D eigenvalue weighted by molar-refractivity contribution is 9.10. The molecule has 22 heavy (non-hydrogen) atoms. The van der Waals surface area contributed by atoms with E-state index in [4.69, 9.17) is 4.74 Å². The van der Waals surface area contributed by atoms with Crippen molar-refractivity contribution in [3.8, 4) is 0 Å². The lowest BCUT2D eigenvalue weighted by Crippen LogP contribution is -2.37. The van der Waals surface area contributed by atoms with Gasteiger partial charge >= 0.3 is 6.09 Å². The number of aromatic nitrogens is 2. The molecule has 0 unspecified atom stereocenters. The molecule has 0 fully saturated rings. The van der Waals surface area contributed by atoms with E-state index in [1.807, 2.05) is 32.9 Å². The molecule has 0 radical (unpaired) electrons. The average molecular weight is 364 g/mol. The number of amides is 1. The van der Waals surface area contributed by atoms with Crippen molar-refractivity contribution in [1.29, 1.82) is 0 Å². The number of halogens is 1. The topological polar surface area (TPSA) is 55.3 Å². The van der Waals surface area contributed by atoms with Crippen LogP contribution in [0.5, 0.6) is 0 Å². The first-order valence-electron chi connectivity index (χ1n) is 6.84. The van der Waals surface area contributed by atoms with Crippen molar-refractivity contribution in [3.05, 3.63) is 41.5 Å². The van der Waals surface area contributed by atoms with Crippen molar-refractivity contribution in [2.24, 2.45) is 0 Å². The van der Waals surface area contributed by atoms with Crippen LogP contribution in [0.15, 0.2) is 41.5 Å². The molecule has 2 aromatic heterocycles. The minimum Gasteiger partial charge on any atom is -0.443 e. The van der Waals surface area contributed by atoms with Crippen molar-refractivity contribution >= 4 is 38.9 Å². The zero-order valence-corrected chi connectivity index (χ0v) is 14.4. The Morgan fingerprint density at radius 2 is 2.18 bits per heavy atom. The number of carbonyl (C=O) groups excluding carboxylic acids is 1. The van der Waals surface area contributed by atoms with Crippen LogP contribution in [0, 0.1) is 0 Å². The Labute approximate surface area is 138 Å². The van der Waals surface area contributed by atoms with Gasteiger partial charge in [-0.3, -0.25) is 4.90 Å². The Balaban J connectivity index is 2.37. The molecule has 0 aliphatic carbocycles. The molecule has 0 bridgehead atoms. The first-order chi connectivity index (χ1) is 10.3. The lowest BCUT2D eigenvalue weighted by Gasteiger charge is -2.26. The summed E-state index contributed by atoms with van der Waals surface area (Å²) in [4.78, 5) is 22.4. The molecule has 1 amide bonds. The van der Waals surface area contributed by atoms with Crippen LogP contribution >= 0.6 is 15.9 Å². The Morgan fingerprint density at radius 1 is 1.45 bits per heavy atom. The van der Waals surface area contributed by atoms with Crippen LogP contribution in [-0.2, 0) is 4.74 Å². The molecule has 5 nitrogen and oxygen atoms in total. The molecule has 0 spiro atoms. The molecule has 0 saturated heterocycles. The summed E-state index contributed by atoms with van der Waals surface area (Å²) in [5.74, 6) is 0.483. The van der Waals surface area contributed by atoms with Gasteiger partial charge in [-0.1, -0.05) is 6.08 Å². The van der Waals surface area contributed by atoms with E-state index in [2.05, 4.69) is 32.5 Å². The molecule has 2 aromatic rings. The molecular formula is C16H18BrN3O2. The number of pyridine rings is 2. The van der Waals surface area contributed by atoms with Crippen LogP contribution in [-0.4, -0.2) is 28.2 Å². The molecule has 0 atom stereocenters. The number of ether oxygens (including phenoxy) is 1. The third kappa shape index (κ3) is 4.04. The number of rotatable bonds is 3. The van der Waals surface area contributed by atoms with E-state index in [1.54, 1.807) is 18.3 Å². The van der Waals surface area contributed by atoms with Gasteiger partial charge in [0.25, 0.3) is 0 Å². The fraction of sp³-hybridized carbons (Fsp3) is 0.312. The van der Waals surface area contributed by atoms with Gasteiger partial charge in [0, 0.05) is 22.6 Å². The highest BCUT2D eigenvalue weighted by Crippen LogP contribution is 2.21. The van der Waals surface area contributed by atoms with E-state index in [0.717, 1.165) is 9.86 Å². The average Bonchev–Trinajstić information content (AvgIpc) is 2.42. The summed E-state index contributed by atoms with van der Waals surface area (Å²) in [6.07, 6.45) is 2.84. The Kier molecular flexibility index (Phi) is 4.81. The van der Waals surface area contributed by atoms with Crippen molar-refractivity contribution in [2.75, 3.05) is 11.4 Å². The summed E-state index contributed by atoms with van der Waals surface area (Å²) in [5, 5.41) is 0.890. The monoisotopic (exact) mass is 363 g/mol. The van der Waals surface area contributed by atoms with Crippen molar-refractivity contribution in [2.45, 2.75) is 26.4 Å². The maximum atomic E-state index is 12.3. The summed E-state index contributed by atoms with van der Waals surface area (Å²) >= 11 is 3.37.